The Hall–Kier alpha value is -0.250. The summed E-state index contributed by atoms with van der Waals surface area (Å²) in [7, 11) is 0. The van der Waals surface area contributed by atoms with Gasteiger partial charge in [-0.25, -0.2) is 4.39 Å². The first kappa shape index (κ1) is 11.8. The summed E-state index contributed by atoms with van der Waals surface area (Å²) in [6.07, 6.45) is 1.51. The van der Waals surface area contributed by atoms with Crippen LogP contribution in [0.1, 0.15) is 0 Å². The van der Waals surface area contributed by atoms with Gasteiger partial charge in [-0.05, 0) is 22.0 Å². The summed E-state index contributed by atoms with van der Waals surface area (Å²) in [6.45, 7) is 3.66. The second-order valence-electron chi connectivity index (χ2n) is 2.40. The van der Waals surface area contributed by atoms with Crippen LogP contribution < -0.4 is 4.74 Å². The summed E-state index contributed by atoms with van der Waals surface area (Å²) in [6, 6.07) is 1.48. The van der Waals surface area contributed by atoms with Crippen LogP contribution in [-0.2, 0) is 0 Å². The highest BCUT2D eigenvalue weighted by Gasteiger charge is 2.15. The molecule has 76 valence electrons. The second-order valence-corrected chi connectivity index (χ2v) is 4.04. The van der Waals surface area contributed by atoms with E-state index < -0.39 is 5.82 Å². The van der Waals surface area contributed by atoms with Crippen LogP contribution in [0.4, 0.5) is 4.39 Å². The molecule has 1 aromatic rings. The molecule has 0 N–H and O–H groups in total. The summed E-state index contributed by atoms with van der Waals surface area (Å²) in [5.41, 5.74) is 0. The maximum absolute atomic E-state index is 13.4. The minimum atomic E-state index is -0.673. The fraction of sp³-hybridized carbons (Fsp3) is 0.111. The van der Waals surface area contributed by atoms with Gasteiger partial charge in [0.1, 0.15) is 6.61 Å². The van der Waals surface area contributed by atoms with Crippen molar-refractivity contribution in [1.29, 1.82) is 0 Å². The normalized spacial score (nSPS) is 10.0. The van der Waals surface area contributed by atoms with Crippen LogP contribution in [0.15, 0.2) is 23.2 Å². The van der Waals surface area contributed by atoms with Crippen molar-refractivity contribution in [2.75, 3.05) is 6.61 Å². The molecule has 0 heterocycles. The van der Waals surface area contributed by atoms with Crippen LogP contribution >= 0.6 is 39.1 Å². The highest BCUT2D eigenvalue weighted by Crippen LogP contribution is 2.37. The number of halogens is 4. The molecule has 0 spiro atoms. The lowest BCUT2D eigenvalue weighted by atomic mass is 10.3. The molecule has 14 heavy (non-hydrogen) atoms. The Morgan fingerprint density at radius 1 is 1.57 bits per heavy atom. The summed E-state index contributed by atoms with van der Waals surface area (Å²) in [5.74, 6) is -0.632. The fourth-order valence-electron chi connectivity index (χ4n) is 0.824. The van der Waals surface area contributed by atoms with Gasteiger partial charge in [-0.2, -0.15) is 0 Å². The summed E-state index contributed by atoms with van der Waals surface area (Å²) < 4.78 is 18.9. The molecule has 0 fully saturated rings. The first-order valence-corrected chi connectivity index (χ1v) is 5.19. The van der Waals surface area contributed by atoms with Crippen LogP contribution in [0.3, 0.4) is 0 Å². The Morgan fingerprint density at radius 3 is 2.79 bits per heavy atom. The third-order valence-corrected chi connectivity index (χ3v) is 2.77. The predicted octanol–water partition coefficient (Wildman–Crippen LogP) is 4.46. The lowest BCUT2D eigenvalue weighted by Crippen LogP contribution is -1.97. The number of ether oxygens (including phenoxy) is 1. The summed E-state index contributed by atoms with van der Waals surface area (Å²) in [5, 5.41) is -0.00377. The standard InChI is InChI=1S/C9H6BrCl2FO/c1-2-3-14-9-5(10)4-6(11)7(12)8(9)13/h2,4H,1,3H2. The van der Waals surface area contributed by atoms with E-state index in [-0.39, 0.29) is 22.4 Å². The van der Waals surface area contributed by atoms with E-state index in [1.807, 2.05) is 0 Å². The maximum atomic E-state index is 13.4. The zero-order valence-corrected chi connectivity index (χ0v) is 10.1. The van der Waals surface area contributed by atoms with Gasteiger partial charge in [0.05, 0.1) is 14.5 Å². The largest absolute Gasteiger partial charge is 0.485 e. The van der Waals surface area contributed by atoms with Crippen molar-refractivity contribution in [2.24, 2.45) is 0 Å². The molecule has 0 aliphatic heterocycles. The number of hydrogen-bond donors (Lipinski definition) is 0. The van der Waals surface area contributed by atoms with Crippen LogP contribution in [0.2, 0.25) is 10.0 Å². The van der Waals surface area contributed by atoms with Crippen molar-refractivity contribution in [3.63, 3.8) is 0 Å². The molecule has 0 unspecified atom stereocenters. The minimum Gasteiger partial charge on any atom is -0.485 e. The molecule has 1 aromatic carbocycles. The SMILES string of the molecule is C=CCOc1c(Br)cc(Cl)c(Cl)c1F. The lowest BCUT2D eigenvalue weighted by Gasteiger charge is -2.09. The van der Waals surface area contributed by atoms with Crippen molar-refractivity contribution in [1.82, 2.24) is 0 Å². The Kier molecular flexibility index (Phi) is 4.23. The maximum Gasteiger partial charge on any atom is 0.186 e. The predicted molar refractivity (Wildman–Crippen MR) is 59.8 cm³/mol. The van der Waals surface area contributed by atoms with Gasteiger partial charge >= 0.3 is 0 Å². The van der Waals surface area contributed by atoms with Crippen LogP contribution in [-0.4, -0.2) is 6.61 Å². The zero-order chi connectivity index (χ0) is 10.7. The van der Waals surface area contributed by atoms with E-state index in [9.17, 15) is 4.39 Å². The monoisotopic (exact) mass is 298 g/mol. The molecule has 0 aromatic heterocycles. The Bertz CT molecular complexity index is 368. The van der Waals surface area contributed by atoms with Gasteiger partial charge < -0.3 is 4.74 Å². The van der Waals surface area contributed by atoms with E-state index in [4.69, 9.17) is 27.9 Å². The minimum absolute atomic E-state index is 0.0410. The topological polar surface area (TPSA) is 9.23 Å². The fourth-order valence-corrected chi connectivity index (χ4v) is 1.81. The molecule has 0 radical (unpaired) electrons. The second kappa shape index (κ2) is 5.01. The Labute approximate surface area is 99.6 Å². The molecule has 5 heteroatoms. The third kappa shape index (κ3) is 2.41. The van der Waals surface area contributed by atoms with Gasteiger partial charge in [0, 0.05) is 0 Å². The van der Waals surface area contributed by atoms with E-state index in [0.717, 1.165) is 0 Å². The van der Waals surface area contributed by atoms with Gasteiger partial charge in [-0.3, -0.25) is 0 Å². The molecule has 0 amide bonds. The third-order valence-electron chi connectivity index (χ3n) is 1.42. The molecular formula is C9H6BrCl2FO. The van der Waals surface area contributed by atoms with E-state index >= 15 is 0 Å². The van der Waals surface area contributed by atoms with Gasteiger partial charge in [0.15, 0.2) is 11.6 Å². The van der Waals surface area contributed by atoms with Crippen molar-refractivity contribution in [2.45, 2.75) is 0 Å². The van der Waals surface area contributed by atoms with Gasteiger partial charge in [0.25, 0.3) is 0 Å². The molecular weight excluding hydrogens is 294 g/mol. The first-order chi connectivity index (χ1) is 6.57. The molecule has 0 aliphatic carbocycles. The van der Waals surface area contributed by atoms with E-state index in [1.165, 1.54) is 12.1 Å². The molecule has 0 saturated heterocycles. The Morgan fingerprint density at radius 2 is 2.21 bits per heavy atom. The first-order valence-electron chi connectivity index (χ1n) is 3.64. The van der Waals surface area contributed by atoms with Gasteiger partial charge in [-0.15, -0.1) is 0 Å². The van der Waals surface area contributed by atoms with Gasteiger partial charge in [0.2, 0.25) is 0 Å². The van der Waals surface area contributed by atoms with Crippen molar-refractivity contribution in [3.8, 4) is 5.75 Å². The number of benzene rings is 1. The summed E-state index contributed by atoms with van der Waals surface area (Å²) >= 11 is 14.4. The average Bonchev–Trinajstić information content (AvgIpc) is 2.14. The average molecular weight is 300 g/mol. The van der Waals surface area contributed by atoms with Crippen molar-refractivity contribution in [3.05, 3.63) is 39.1 Å². The molecule has 1 nitrogen and oxygen atoms in total. The number of rotatable bonds is 3. The molecule has 0 bridgehead atoms. The highest BCUT2D eigenvalue weighted by molar-refractivity contribution is 9.10. The quantitative estimate of drug-likeness (QED) is 0.455. The van der Waals surface area contributed by atoms with Crippen molar-refractivity contribution >= 4 is 39.1 Å². The molecule has 1 rings (SSSR count). The van der Waals surface area contributed by atoms with Crippen LogP contribution in [0.25, 0.3) is 0 Å². The number of hydrogen-bond acceptors (Lipinski definition) is 1. The smallest absolute Gasteiger partial charge is 0.186 e. The Balaban J connectivity index is 3.15. The van der Waals surface area contributed by atoms with E-state index in [2.05, 4.69) is 22.5 Å². The molecule has 0 saturated carbocycles. The van der Waals surface area contributed by atoms with Gasteiger partial charge in [-0.1, -0.05) is 35.9 Å². The van der Waals surface area contributed by atoms with E-state index in [1.54, 1.807) is 0 Å². The highest BCUT2D eigenvalue weighted by atomic mass is 79.9. The van der Waals surface area contributed by atoms with Crippen LogP contribution in [0, 0.1) is 5.82 Å². The molecule has 0 aliphatic rings. The van der Waals surface area contributed by atoms with Crippen LogP contribution in [0.5, 0.6) is 5.75 Å². The summed E-state index contributed by atoms with van der Waals surface area (Å²) in [4.78, 5) is 0. The molecule has 0 atom stereocenters. The lowest BCUT2D eigenvalue weighted by molar-refractivity contribution is 0.339. The zero-order valence-electron chi connectivity index (χ0n) is 6.99. The van der Waals surface area contributed by atoms with Crippen molar-refractivity contribution < 1.29 is 9.13 Å². The van der Waals surface area contributed by atoms with E-state index in [0.29, 0.717) is 4.47 Å².